The van der Waals surface area contributed by atoms with Gasteiger partial charge < -0.3 is 26.3 Å². The monoisotopic (exact) mass is 562 g/mol. The zero-order valence-corrected chi connectivity index (χ0v) is 20.6. The summed E-state index contributed by atoms with van der Waals surface area (Å²) in [6.07, 6.45) is 1.74. The molecule has 1 atom stereocenters. The standard InChI is InChI=1S/C20H20Br2N8O2/c1-4-31-11-5-9(13(21)14(22)17(11)32-8(2)3)16-12-15(25)10(6-23)18(26)29-19(12)30-20(28-16)27-7-24/h5,8,16H,4H2,1-3H3,(H6,25,26,27,28,29,30). The number of anilines is 3. The van der Waals surface area contributed by atoms with Crippen LogP contribution in [-0.2, 0) is 0 Å². The van der Waals surface area contributed by atoms with Gasteiger partial charge in [0.15, 0.2) is 17.7 Å². The van der Waals surface area contributed by atoms with Crippen LogP contribution in [-0.4, -0.2) is 23.7 Å². The largest absolute Gasteiger partial charge is 0.490 e. The molecule has 0 radical (unpaired) electrons. The molecule has 12 heteroatoms. The molecule has 1 unspecified atom stereocenters. The van der Waals surface area contributed by atoms with Gasteiger partial charge in [-0.05, 0) is 58.7 Å². The van der Waals surface area contributed by atoms with E-state index in [4.69, 9.17) is 26.2 Å². The summed E-state index contributed by atoms with van der Waals surface area (Å²) in [6.45, 7) is 6.11. The summed E-state index contributed by atoms with van der Waals surface area (Å²) < 4.78 is 13.1. The molecule has 0 amide bonds. The highest BCUT2D eigenvalue weighted by atomic mass is 79.9. The van der Waals surface area contributed by atoms with E-state index in [-0.39, 0.29) is 29.1 Å². The molecular weight excluding hydrogens is 544 g/mol. The summed E-state index contributed by atoms with van der Waals surface area (Å²) >= 11 is 7.21. The molecule has 0 saturated carbocycles. The second-order valence-electron chi connectivity index (χ2n) is 6.92. The Morgan fingerprint density at radius 2 is 2.00 bits per heavy atom. The Hall–Kier alpha value is -3.22. The van der Waals surface area contributed by atoms with Gasteiger partial charge in [-0.2, -0.15) is 10.5 Å². The molecule has 32 heavy (non-hydrogen) atoms. The lowest BCUT2D eigenvalue weighted by Gasteiger charge is -2.28. The molecular formula is C20H20Br2N8O2. The van der Waals surface area contributed by atoms with Crippen molar-refractivity contribution in [2.45, 2.75) is 32.9 Å². The van der Waals surface area contributed by atoms with Crippen molar-refractivity contribution in [1.82, 2.24) is 10.3 Å². The molecule has 1 aromatic heterocycles. The zero-order chi connectivity index (χ0) is 23.6. The maximum atomic E-state index is 9.51. The van der Waals surface area contributed by atoms with Crippen molar-refractivity contribution in [1.29, 1.82) is 10.5 Å². The lowest BCUT2D eigenvalue weighted by molar-refractivity contribution is 0.222. The number of aromatic nitrogens is 1. The molecule has 2 heterocycles. The van der Waals surface area contributed by atoms with Gasteiger partial charge >= 0.3 is 0 Å². The molecule has 1 aliphatic heterocycles. The third-order valence-electron chi connectivity index (χ3n) is 4.46. The fraction of sp³-hybridized carbons (Fsp3) is 0.300. The summed E-state index contributed by atoms with van der Waals surface area (Å²) in [6, 6.07) is 3.04. The first kappa shape index (κ1) is 23.4. The molecule has 0 spiro atoms. The highest BCUT2D eigenvalue weighted by Crippen LogP contribution is 2.49. The molecule has 3 rings (SSSR count). The maximum absolute atomic E-state index is 9.51. The zero-order valence-electron chi connectivity index (χ0n) is 17.5. The minimum absolute atomic E-state index is 0.0239. The van der Waals surface area contributed by atoms with Crippen LogP contribution in [0.3, 0.4) is 0 Å². The highest BCUT2D eigenvalue weighted by molar-refractivity contribution is 9.13. The number of hydrogen-bond donors (Lipinski definition) is 4. The average Bonchev–Trinajstić information content (AvgIpc) is 2.73. The van der Waals surface area contributed by atoms with E-state index >= 15 is 0 Å². The van der Waals surface area contributed by atoms with Gasteiger partial charge in [0.1, 0.15) is 29.3 Å². The quantitative estimate of drug-likeness (QED) is 0.312. The van der Waals surface area contributed by atoms with E-state index in [0.29, 0.717) is 44.0 Å². The number of hydrogen-bond acceptors (Lipinski definition) is 10. The van der Waals surface area contributed by atoms with Crippen molar-refractivity contribution in [3.8, 4) is 23.8 Å². The van der Waals surface area contributed by atoms with Gasteiger partial charge in [-0.15, -0.1) is 0 Å². The van der Waals surface area contributed by atoms with Crippen molar-refractivity contribution in [3.63, 3.8) is 0 Å². The molecule has 1 aliphatic rings. The minimum atomic E-state index is -0.736. The number of halogens is 2. The van der Waals surface area contributed by atoms with Crippen molar-refractivity contribution in [2.24, 2.45) is 4.99 Å². The molecule has 1 aromatic carbocycles. The predicted octanol–water partition coefficient (Wildman–Crippen LogP) is 3.77. The summed E-state index contributed by atoms with van der Waals surface area (Å²) in [5.74, 6) is 1.46. The smallest absolute Gasteiger partial charge is 0.211 e. The van der Waals surface area contributed by atoms with Crippen LogP contribution in [0.4, 0.5) is 17.3 Å². The van der Waals surface area contributed by atoms with Crippen LogP contribution < -0.4 is 31.6 Å². The van der Waals surface area contributed by atoms with Gasteiger partial charge in [-0.3, -0.25) is 5.32 Å². The fourth-order valence-electron chi connectivity index (χ4n) is 3.22. The highest BCUT2D eigenvalue weighted by Gasteiger charge is 2.33. The van der Waals surface area contributed by atoms with E-state index in [0.717, 1.165) is 0 Å². The molecule has 0 aliphatic carbocycles. The Bertz CT molecular complexity index is 1180. The first-order valence-corrected chi connectivity index (χ1v) is 11.1. The van der Waals surface area contributed by atoms with Crippen LogP contribution in [0.5, 0.6) is 11.5 Å². The lowest BCUT2D eigenvalue weighted by Crippen LogP contribution is -2.33. The third kappa shape index (κ3) is 4.24. The molecule has 0 bridgehead atoms. The van der Waals surface area contributed by atoms with E-state index < -0.39 is 6.04 Å². The van der Waals surface area contributed by atoms with Gasteiger partial charge in [-0.25, -0.2) is 9.98 Å². The summed E-state index contributed by atoms with van der Waals surface area (Å²) in [5, 5.41) is 24.0. The topological polar surface area (TPSA) is 167 Å². The van der Waals surface area contributed by atoms with Gasteiger partial charge in [0.25, 0.3) is 0 Å². The van der Waals surface area contributed by atoms with Gasteiger partial charge in [0.05, 0.1) is 22.9 Å². The van der Waals surface area contributed by atoms with Gasteiger partial charge in [-0.1, -0.05) is 0 Å². The molecule has 0 saturated heterocycles. The number of ether oxygens (including phenoxy) is 2. The van der Waals surface area contributed by atoms with Crippen LogP contribution in [0.25, 0.3) is 0 Å². The van der Waals surface area contributed by atoms with E-state index in [2.05, 4.69) is 52.5 Å². The molecule has 0 fully saturated rings. The Morgan fingerprint density at radius 3 is 2.59 bits per heavy atom. The summed E-state index contributed by atoms with van der Waals surface area (Å²) in [4.78, 5) is 8.87. The molecule has 2 aromatic rings. The number of nitrogens with two attached hydrogens (primary N) is 2. The van der Waals surface area contributed by atoms with Gasteiger partial charge in [0.2, 0.25) is 5.96 Å². The normalized spacial score (nSPS) is 14.5. The van der Waals surface area contributed by atoms with Crippen molar-refractivity contribution in [3.05, 3.63) is 31.7 Å². The molecule has 10 nitrogen and oxygen atoms in total. The molecule has 166 valence electrons. The van der Waals surface area contributed by atoms with Crippen LogP contribution in [0.2, 0.25) is 0 Å². The number of nitriles is 2. The maximum Gasteiger partial charge on any atom is 0.211 e. The Kier molecular flexibility index (Phi) is 6.96. The summed E-state index contributed by atoms with van der Waals surface area (Å²) in [5.41, 5.74) is 13.5. The number of benzene rings is 1. The number of aliphatic imine (C=N–C) groups is 1. The first-order chi connectivity index (χ1) is 15.2. The Balaban J connectivity index is 2.31. The van der Waals surface area contributed by atoms with E-state index in [9.17, 15) is 5.26 Å². The van der Waals surface area contributed by atoms with Crippen LogP contribution in [0, 0.1) is 22.8 Å². The third-order valence-corrected chi connectivity index (χ3v) is 6.60. The second-order valence-corrected chi connectivity index (χ2v) is 8.51. The average molecular weight is 564 g/mol. The number of guanidine groups is 1. The summed E-state index contributed by atoms with van der Waals surface area (Å²) in [7, 11) is 0. The molecule has 6 N–H and O–H groups in total. The predicted molar refractivity (Wildman–Crippen MR) is 128 cm³/mol. The van der Waals surface area contributed by atoms with Crippen molar-refractivity contribution >= 4 is 55.1 Å². The number of nitrogens with zero attached hydrogens (tertiary/aromatic N) is 4. The number of fused-ring (bicyclic) bond motifs is 1. The van der Waals surface area contributed by atoms with Gasteiger partial charge in [0, 0.05) is 15.6 Å². The second kappa shape index (κ2) is 9.51. The first-order valence-electron chi connectivity index (χ1n) is 9.53. The lowest BCUT2D eigenvalue weighted by atomic mass is 9.95. The number of nitrogen functional groups attached to an aromatic ring is 2. The number of pyridine rings is 1. The van der Waals surface area contributed by atoms with Crippen LogP contribution in [0.15, 0.2) is 20.0 Å². The minimum Gasteiger partial charge on any atom is -0.490 e. The van der Waals surface area contributed by atoms with E-state index in [1.807, 2.05) is 33.0 Å². The van der Waals surface area contributed by atoms with E-state index in [1.54, 1.807) is 6.07 Å². The fourth-order valence-corrected chi connectivity index (χ4v) is 4.25. The SMILES string of the molecule is CCOc1cc(C2N=C(NC#N)Nc3nc(N)c(C#N)c(N)c32)c(Br)c(Br)c1OC(C)C. The van der Waals surface area contributed by atoms with Crippen molar-refractivity contribution in [2.75, 3.05) is 23.4 Å². The number of nitrogens with one attached hydrogen (secondary N) is 2. The van der Waals surface area contributed by atoms with Crippen LogP contribution >= 0.6 is 31.9 Å². The van der Waals surface area contributed by atoms with E-state index in [1.165, 1.54) is 0 Å². The Morgan fingerprint density at radius 1 is 1.28 bits per heavy atom. The van der Waals surface area contributed by atoms with Crippen LogP contribution in [0.1, 0.15) is 43.5 Å². The van der Waals surface area contributed by atoms with Crippen molar-refractivity contribution < 1.29 is 9.47 Å². The Labute approximate surface area is 201 Å². The number of rotatable bonds is 5.